The molecule has 6 nitrogen and oxygen atoms in total. The summed E-state index contributed by atoms with van der Waals surface area (Å²) in [7, 11) is 1.88. The van der Waals surface area contributed by atoms with Crippen LogP contribution in [0.4, 0.5) is 4.39 Å². The second-order valence-electron chi connectivity index (χ2n) is 6.04. The summed E-state index contributed by atoms with van der Waals surface area (Å²) in [5.74, 6) is 0.376. The van der Waals surface area contributed by atoms with Gasteiger partial charge in [0.05, 0.1) is 6.54 Å². The highest BCUT2D eigenvalue weighted by atomic mass is 32.2. The van der Waals surface area contributed by atoms with Crippen LogP contribution in [-0.2, 0) is 11.8 Å². The second kappa shape index (κ2) is 9.27. The van der Waals surface area contributed by atoms with Crippen LogP contribution in [0.15, 0.2) is 59.8 Å². The molecule has 28 heavy (non-hydrogen) atoms. The molecule has 1 amide bonds. The van der Waals surface area contributed by atoms with Crippen LogP contribution in [0.25, 0.3) is 11.4 Å². The van der Waals surface area contributed by atoms with Gasteiger partial charge in [-0.3, -0.25) is 9.59 Å². The molecule has 3 aromatic rings. The van der Waals surface area contributed by atoms with E-state index >= 15 is 0 Å². The molecule has 144 valence electrons. The number of carbonyl (C=O) groups is 2. The number of aromatic nitrogens is 3. The first-order valence-corrected chi connectivity index (χ1v) is 9.66. The van der Waals surface area contributed by atoms with E-state index in [9.17, 15) is 14.0 Å². The van der Waals surface area contributed by atoms with E-state index in [2.05, 4.69) is 15.5 Å². The van der Waals surface area contributed by atoms with Gasteiger partial charge in [0.1, 0.15) is 5.82 Å². The number of rotatable bonds is 8. The Morgan fingerprint density at radius 3 is 2.50 bits per heavy atom. The molecule has 1 aromatic heterocycles. The van der Waals surface area contributed by atoms with Gasteiger partial charge in [0.25, 0.3) is 0 Å². The highest BCUT2D eigenvalue weighted by Gasteiger charge is 2.12. The highest BCUT2D eigenvalue weighted by Crippen LogP contribution is 2.22. The zero-order valence-corrected chi connectivity index (χ0v) is 16.1. The molecule has 1 N–H and O–H groups in total. The predicted molar refractivity (Wildman–Crippen MR) is 106 cm³/mol. The summed E-state index contributed by atoms with van der Waals surface area (Å²) in [6.45, 7) is -0.114. The quantitative estimate of drug-likeness (QED) is 0.466. The fraction of sp³-hybridized carbons (Fsp3) is 0.200. The summed E-state index contributed by atoms with van der Waals surface area (Å²) in [5, 5.41) is 11.7. The Bertz CT molecular complexity index is 958. The molecular weight excluding hydrogens is 379 g/mol. The van der Waals surface area contributed by atoms with Crippen LogP contribution in [0.5, 0.6) is 0 Å². The first kappa shape index (κ1) is 19.8. The van der Waals surface area contributed by atoms with E-state index < -0.39 is 5.82 Å². The summed E-state index contributed by atoms with van der Waals surface area (Å²) in [6.07, 6.45) is 0.245. The summed E-state index contributed by atoms with van der Waals surface area (Å²) >= 11 is 1.43. The molecule has 0 aliphatic rings. The van der Waals surface area contributed by atoms with E-state index in [1.165, 1.54) is 36.0 Å². The van der Waals surface area contributed by atoms with Crippen LogP contribution in [-0.4, -0.2) is 38.8 Å². The lowest BCUT2D eigenvalue weighted by atomic mass is 10.1. The van der Waals surface area contributed by atoms with Crippen molar-refractivity contribution >= 4 is 23.5 Å². The van der Waals surface area contributed by atoms with Crippen molar-refractivity contribution in [3.8, 4) is 11.4 Å². The number of thioether (sulfide) groups is 1. The first-order chi connectivity index (χ1) is 13.5. The van der Waals surface area contributed by atoms with E-state index in [0.29, 0.717) is 16.5 Å². The Morgan fingerprint density at radius 2 is 1.79 bits per heavy atom. The molecule has 1 heterocycles. The molecule has 0 unspecified atom stereocenters. The van der Waals surface area contributed by atoms with Crippen LogP contribution in [0.1, 0.15) is 16.8 Å². The molecular formula is C20H19FN4O2S. The van der Waals surface area contributed by atoms with Gasteiger partial charge >= 0.3 is 0 Å². The van der Waals surface area contributed by atoms with Gasteiger partial charge in [-0.15, -0.1) is 10.2 Å². The van der Waals surface area contributed by atoms with Crippen LogP contribution < -0.4 is 5.32 Å². The van der Waals surface area contributed by atoms with Crippen molar-refractivity contribution in [1.82, 2.24) is 20.1 Å². The molecule has 0 saturated heterocycles. The normalized spacial score (nSPS) is 10.6. The Morgan fingerprint density at radius 1 is 1.07 bits per heavy atom. The van der Waals surface area contributed by atoms with Gasteiger partial charge in [-0.1, -0.05) is 42.1 Å². The van der Waals surface area contributed by atoms with E-state index in [1.54, 1.807) is 0 Å². The van der Waals surface area contributed by atoms with E-state index in [0.717, 1.165) is 11.4 Å². The minimum Gasteiger partial charge on any atom is -0.349 e. The molecule has 0 radical (unpaired) electrons. The van der Waals surface area contributed by atoms with Crippen LogP contribution >= 0.6 is 11.8 Å². The highest BCUT2D eigenvalue weighted by molar-refractivity contribution is 7.99. The van der Waals surface area contributed by atoms with Crippen molar-refractivity contribution in [2.45, 2.75) is 11.6 Å². The number of nitrogens with one attached hydrogen (secondary N) is 1. The lowest BCUT2D eigenvalue weighted by Crippen LogP contribution is -2.29. The number of ketones is 1. The van der Waals surface area contributed by atoms with Crippen molar-refractivity contribution in [3.05, 3.63) is 66.0 Å². The minimum atomic E-state index is -0.406. The van der Waals surface area contributed by atoms with Gasteiger partial charge in [-0.2, -0.15) is 0 Å². The summed E-state index contributed by atoms with van der Waals surface area (Å²) in [5.41, 5.74) is 1.34. The zero-order valence-electron chi connectivity index (χ0n) is 15.3. The number of nitrogens with zero attached hydrogens (tertiary/aromatic N) is 3. The van der Waals surface area contributed by atoms with E-state index in [-0.39, 0.29) is 24.7 Å². The molecule has 0 bridgehead atoms. The Hall–Kier alpha value is -3.00. The average Bonchev–Trinajstić information content (AvgIpc) is 3.08. The van der Waals surface area contributed by atoms with Gasteiger partial charge in [-0.05, 0) is 24.3 Å². The third kappa shape index (κ3) is 5.04. The number of amides is 1. The monoisotopic (exact) mass is 398 g/mol. The average molecular weight is 398 g/mol. The zero-order chi connectivity index (χ0) is 19.9. The van der Waals surface area contributed by atoms with E-state index in [4.69, 9.17) is 0 Å². The van der Waals surface area contributed by atoms with E-state index in [1.807, 2.05) is 41.9 Å². The van der Waals surface area contributed by atoms with Crippen molar-refractivity contribution in [2.75, 3.05) is 12.3 Å². The maximum absolute atomic E-state index is 12.9. The Kier molecular flexibility index (Phi) is 6.54. The second-order valence-corrected chi connectivity index (χ2v) is 7.10. The largest absolute Gasteiger partial charge is 0.349 e. The molecule has 0 aliphatic carbocycles. The minimum absolute atomic E-state index is 0.114. The lowest BCUT2D eigenvalue weighted by molar-refractivity contribution is -0.120. The number of Topliss-reactive ketones (excluding diaryl/α,β-unsaturated/α-hetero) is 1. The third-order valence-electron chi connectivity index (χ3n) is 4.04. The van der Waals surface area contributed by atoms with Gasteiger partial charge in [0.15, 0.2) is 16.8 Å². The topological polar surface area (TPSA) is 76.9 Å². The molecule has 0 aliphatic heterocycles. The van der Waals surface area contributed by atoms with Gasteiger partial charge in [0.2, 0.25) is 5.91 Å². The van der Waals surface area contributed by atoms with Crippen molar-refractivity contribution in [1.29, 1.82) is 0 Å². The van der Waals surface area contributed by atoms with Crippen molar-refractivity contribution in [3.63, 3.8) is 0 Å². The van der Waals surface area contributed by atoms with Crippen LogP contribution in [0.3, 0.4) is 0 Å². The molecule has 0 atom stereocenters. The summed E-state index contributed by atoms with van der Waals surface area (Å²) in [6, 6.07) is 15.0. The molecule has 8 heteroatoms. The molecule has 0 fully saturated rings. The van der Waals surface area contributed by atoms with Crippen LogP contribution in [0.2, 0.25) is 0 Å². The smallest absolute Gasteiger partial charge is 0.221 e. The summed E-state index contributed by atoms with van der Waals surface area (Å²) < 4.78 is 14.8. The third-order valence-corrected chi connectivity index (χ3v) is 5.06. The lowest BCUT2D eigenvalue weighted by Gasteiger charge is -2.05. The molecule has 2 aromatic carbocycles. The summed E-state index contributed by atoms with van der Waals surface area (Å²) in [4.78, 5) is 23.9. The van der Waals surface area contributed by atoms with Crippen LogP contribution in [0, 0.1) is 5.82 Å². The van der Waals surface area contributed by atoms with Gasteiger partial charge in [0, 0.05) is 30.3 Å². The molecule has 3 rings (SSSR count). The number of carbonyl (C=O) groups excluding carboxylic acids is 2. The van der Waals surface area contributed by atoms with Crippen molar-refractivity contribution in [2.24, 2.45) is 7.05 Å². The number of hydrogen-bond donors (Lipinski definition) is 1. The standard InChI is InChI=1S/C20H19FN4O2S/c1-25-19(15-5-3-2-4-6-15)23-24-20(25)28-12-11-18(27)22-13-17(26)14-7-9-16(21)10-8-14/h2-10H,11-13H2,1H3,(H,22,27). The maximum Gasteiger partial charge on any atom is 0.221 e. The maximum atomic E-state index is 12.9. The van der Waals surface area contributed by atoms with Crippen molar-refractivity contribution < 1.29 is 14.0 Å². The Labute approximate surface area is 166 Å². The fourth-order valence-corrected chi connectivity index (χ4v) is 3.37. The molecule has 0 spiro atoms. The van der Waals surface area contributed by atoms with Gasteiger partial charge in [-0.25, -0.2) is 4.39 Å². The number of halogens is 1. The number of benzene rings is 2. The predicted octanol–water partition coefficient (Wildman–Crippen LogP) is 3.10. The number of hydrogen-bond acceptors (Lipinski definition) is 5. The molecule has 0 saturated carbocycles. The van der Waals surface area contributed by atoms with Gasteiger partial charge < -0.3 is 9.88 Å². The fourth-order valence-electron chi connectivity index (χ4n) is 2.52. The first-order valence-electron chi connectivity index (χ1n) is 8.67. The Balaban J connectivity index is 1.45. The SMILES string of the molecule is Cn1c(SCCC(=O)NCC(=O)c2ccc(F)cc2)nnc1-c1ccccc1.